The summed E-state index contributed by atoms with van der Waals surface area (Å²) < 4.78 is 61.4. The van der Waals surface area contributed by atoms with Crippen LogP contribution in [-0.2, 0) is 9.26 Å². The Morgan fingerprint density at radius 3 is 1.25 bits per heavy atom. The van der Waals surface area contributed by atoms with E-state index in [2.05, 4.69) is 30.8 Å². The molecule has 302 valence electrons. The van der Waals surface area contributed by atoms with Crippen LogP contribution in [0.3, 0.4) is 0 Å². The Morgan fingerprint density at radius 1 is 0.441 bits per heavy atom. The number of methoxy groups -OCH3 is 4. The summed E-state index contributed by atoms with van der Waals surface area (Å²) in [6.07, 6.45) is 0.445. The van der Waals surface area contributed by atoms with Crippen molar-refractivity contribution < 1.29 is 46.1 Å². The molecule has 0 spiro atoms. The first-order valence-electron chi connectivity index (χ1n) is 18.4. The van der Waals surface area contributed by atoms with Crippen LogP contribution in [0.1, 0.15) is 6.42 Å². The van der Waals surface area contributed by atoms with Crippen LogP contribution >= 0.6 is 29.0 Å². The van der Waals surface area contributed by atoms with Gasteiger partial charge in [-0.3, -0.25) is 0 Å². The van der Waals surface area contributed by atoms with Gasteiger partial charge in [-0.05, 0) is 70.1 Å². The topological polar surface area (TPSA) is 92.3 Å². The van der Waals surface area contributed by atoms with E-state index in [4.69, 9.17) is 46.1 Å². The molecule has 0 amide bonds. The first-order chi connectivity index (χ1) is 29.0. The minimum Gasteiger partial charge on any atom is -0.493 e. The van der Waals surface area contributed by atoms with E-state index in [0.29, 0.717) is 64.8 Å². The van der Waals surface area contributed by atoms with Gasteiger partial charge in [0.1, 0.15) is 17.3 Å². The molecule has 7 aromatic carbocycles. The third-order valence-corrected chi connectivity index (χ3v) is 12.1. The zero-order valence-electron chi connectivity index (χ0n) is 32.9. The predicted octanol–water partition coefficient (Wildman–Crippen LogP) is 13.2. The van der Waals surface area contributed by atoms with E-state index < -0.39 is 17.2 Å². The Kier molecular flexibility index (Phi) is 14.2. The highest BCUT2D eigenvalue weighted by molar-refractivity contribution is 8.00. The van der Waals surface area contributed by atoms with Gasteiger partial charge >= 0.3 is 17.2 Å². The maximum Gasteiger partial charge on any atom is 0.530 e. The Hall–Kier alpha value is -5.83. The van der Waals surface area contributed by atoms with Crippen molar-refractivity contribution in [3.8, 4) is 46.0 Å². The van der Waals surface area contributed by atoms with Crippen molar-refractivity contribution in [3.63, 3.8) is 0 Å². The van der Waals surface area contributed by atoms with Crippen molar-refractivity contribution in [2.75, 3.05) is 35.0 Å². The number of hydrogen-bond acceptors (Lipinski definition) is 11. The first-order valence-corrected chi connectivity index (χ1v) is 21.4. The lowest BCUT2D eigenvalue weighted by Gasteiger charge is -2.23. The molecule has 13 heteroatoms. The monoisotopic (exact) mass is 848 g/mol. The lowest BCUT2D eigenvalue weighted by molar-refractivity contribution is 0.189. The van der Waals surface area contributed by atoms with Crippen LogP contribution in [0.2, 0.25) is 0 Å². The van der Waals surface area contributed by atoms with Crippen LogP contribution in [0.25, 0.3) is 21.5 Å². The van der Waals surface area contributed by atoms with Gasteiger partial charge in [0.15, 0.2) is 34.5 Å². The van der Waals surface area contributed by atoms with E-state index in [0.717, 1.165) is 31.3 Å². The fourth-order valence-corrected chi connectivity index (χ4v) is 9.29. The maximum absolute atomic E-state index is 6.83. The summed E-state index contributed by atoms with van der Waals surface area (Å²) in [6, 6.07) is 46.1. The molecule has 0 N–H and O–H groups in total. The van der Waals surface area contributed by atoms with Gasteiger partial charge in [0, 0.05) is 13.5 Å². The SMILES string of the molecule is C=C(CCOC)OP(Oc1ccccc1OC)Oc1ccc2ccccc2c1Sc1c(OP(Oc2ccccc2OC)Oc2ccccc2OC)ccc2ccccc12. The fourth-order valence-electron chi connectivity index (χ4n) is 5.87. The molecule has 7 aromatic rings. The molecule has 0 saturated carbocycles. The van der Waals surface area contributed by atoms with Crippen molar-refractivity contribution in [2.24, 2.45) is 0 Å². The Labute approximate surface area is 350 Å². The molecule has 0 aliphatic carbocycles. The van der Waals surface area contributed by atoms with Crippen LogP contribution in [0.15, 0.2) is 168 Å². The summed E-state index contributed by atoms with van der Waals surface area (Å²) in [6.45, 7) is 4.53. The normalized spacial score (nSPS) is 11.5. The molecular weight excluding hydrogens is 807 g/mol. The van der Waals surface area contributed by atoms with Crippen LogP contribution in [0.4, 0.5) is 0 Å². The molecule has 10 nitrogen and oxygen atoms in total. The van der Waals surface area contributed by atoms with Gasteiger partial charge in [-0.15, -0.1) is 0 Å². The van der Waals surface area contributed by atoms with Crippen LogP contribution in [0.5, 0.6) is 46.0 Å². The molecule has 0 fully saturated rings. The van der Waals surface area contributed by atoms with Gasteiger partial charge in [0.2, 0.25) is 0 Å². The van der Waals surface area contributed by atoms with E-state index in [-0.39, 0.29) is 0 Å². The predicted molar refractivity (Wildman–Crippen MR) is 235 cm³/mol. The van der Waals surface area contributed by atoms with Gasteiger partial charge in [0.25, 0.3) is 0 Å². The summed E-state index contributed by atoms with van der Waals surface area (Å²) in [5.41, 5.74) is 0. The summed E-state index contributed by atoms with van der Waals surface area (Å²) >= 11 is 1.49. The van der Waals surface area contributed by atoms with E-state index in [1.165, 1.54) is 11.8 Å². The van der Waals surface area contributed by atoms with E-state index in [9.17, 15) is 0 Å². The number of fused-ring (bicyclic) bond motifs is 2. The van der Waals surface area contributed by atoms with Crippen molar-refractivity contribution in [1.29, 1.82) is 0 Å². The average molecular weight is 849 g/mol. The molecule has 1 atom stereocenters. The third-order valence-electron chi connectivity index (χ3n) is 8.75. The quantitative estimate of drug-likeness (QED) is 0.0542. The lowest BCUT2D eigenvalue weighted by atomic mass is 10.1. The van der Waals surface area contributed by atoms with Crippen LogP contribution < -0.4 is 36.8 Å². The average Bonchev–Trinajstić information content (AvgIpc) is 3.27. The van der Waals surface area contributed by atoms with Crippen LogP contribution in [0, 0.1) is 0 Å². The second kappa shape index (κ2) is 20.2. The molecule has 1 unspecified atom stereocenters. The number of para-hydroxylation sites is 6. The molecule has 0 radical (unpaired) electrons. The zero-order chi connectivity index (χ0) is 41.0. The zero-order valence-corrected chi connectivity index (χ0v) is 35.5. The third kappa shape index (κ3) is 10.3. The van der Waals surface area contributed by atoms with Crippen molar-refractivity contribution in [3.05, 3.63) is 158 Å². The molecule has 0 heterocycles. The fraction of sp³-hybridized carbons (Fsp3) is 0.130. The van der Waals surface area contributed by atoms with Gasteiger partial charge in [-0.2, -0.15) is 0 Å². The van der Waals surface area contributed by atoms with Gasteiger partial charge < -0.3 is 46.1 Å². The van der Waals surface area contributed by atoms with Gasteiger partial charge in [-0.25, -0.2) is 0 Å². The van der Waals surface area contributed by atoms with Crippen molar-refractivity contribution in [2.45, 2.75) is 16.2 Å². The summed E-state index contributed by atoms with van der Waals surface area (Å²) in [4.78, 5) is 1.59. The molecule has 0 bridgehead atoms. The minimum absolute atomic E-state index is 0.418. The standard InChI is InChI=1S/C46H42O10P2S/c1-32(30-31-47-2)51-57(52-40-23-13-10-20-37(40)48-3)55-43-28-26-33-16-6-8-18-35(33)45(43)59-46-36-19-9-7-17-34(36)27-29-44(46)56-58(53-41-24-14-11-21-38(41)49-4)54-42-25-15-12-22-39(42)50-5/h6-29H,1,30-31H2,2-5H3. The molecule has 0 aromatic heterocycles. The lowest BCUT2D eigenvalue weighted by Crippen LogP contribution is -2.05. The summed E-state index contributed by atoms with van der Waals surface area (Å²) in [5, 5.41) is 3.89. The largest absolute Gasteiger partial charge is 0.530 e. The first kappa shape index (κ1) is 41.3. The molecule has 0 saturated heterocycles. The highest BCUT2D eigenvalue weighted by Gasteiger charge is 2.28. The van der Waals surface area contributed by atoms with E-state index in [1.807, 2.05) is 103 Å². The molecule has 7 rings (SSSR count). The van der Waals surface area contributed by atoms with E-state index >= 15 is 0 Å². The van der Waals surface area contributed by atoms with E-state index in [1.54, 1.807) is 46.6 Å². The minimum atomic E-state index is -2.16. The molecular formula is C46H42O10P2S. The number of ether oxygens (including phenoxy) is 4. The molecule has 0 aliphatic rings. The van der Waals surface area contributed by atoms with Gasteiger partial charge in [0.05, 0.1) is 37.7 Å². The molecule has 59 heavy (non-hydrogen) atoms. The number of hydrogen-bond donors (Lipinski definition) is 0. The van der Waals surface area contributed by atoms with Crippen LogP contribution in [-0.4, -0.2) is 35.0 Å². The molecule has 0 aliphatic heterocycles. The van der Waals surface area contributed by atoms with Crippen molar-refractivity contribution >= 4 is 50.5 Å². The second-order valence-corrected chi connectivity index (χ2v) is 15.6. The maximum atomic E-state index is 6.83. The summed E-state index contributed by atoms with van der Waals surface area (Å²) in [5.74, 6) is 4.42. The Morgan fingerprint density at radius 2 is 0.814 bits per heavy atom. The Balaban J connectivity index is 1.32. The number of benzene rings is 7. The highest BCUT2D eigenvalue weighted by atomic mass is 32.2. The highest BCUT2D eigenvalue weighted by Crippen LogP contribution is 2.54. The van der Waals surface area contributed by atoms with Gasteiger partial charge in [-0.1, -0.05) is 115 Å². The number of rotatable bonds is 20. The van der Waals surface area contributed by atoms with Crippen molar-refractivity contribution in [1.82, 2.24) is 0 Å². The summed E-state index contributed by atoms with van der Waals surface area (Å²) in [7, 11) is 2.12. The second-order valence-electron chi connectivity index (χ2n) is 12.6. The smallest absolute Gasteiger partial charge is 0.493 e. The Bertz CT molecular complexity index is 2470.